The van der Waals surface area contributed by atoms with E-state index in [1.807, 2.05) is 30.3 Å². The van der Waals surface area contributed by atoms with Crippen LogP contribution in [0.4, 0.5) is 10.5 Å². The smallest absolute Gasteiger partial charge is 0.411 e. The van der Waals surface area contributed by atoms with Crippen molar-refractivity contribution in [1.82, 2.24) is 0 Å². The van der Waals surface area contributed by atoms with E-state index >= 15 is 0 Å². The zero-order valence-corrected chi connectivity index (χ0v) is 11.7. The number of carboxylic acids is 1. The van der Waals surface area contributed by atoms with E-state index in [1.165, 1.54) is 0 Å². The minimum atomic E-state index is -1.05. The van der Waals surface area contributed by atoms with Gasteiger partial charge in [0.1, 0.15) is 12.4 Å². The van der Waals surface area contributed by atoms with Gasteiger partial charge in [-0.25, -0.2) is 9.59 Å². The fourth-order valence-corrected chi connectivity index (χ4v) is 1.66. The van der Waals surface area contributed by atoms with E-state index < -0.39 is 18.7 Å². The number of hydrogen-bond acceptors (Lipinski definition) is 4. The van der Waals surface area contributed by atoms with Crippen LogP contribution < -0.4 is 10.1 Å². The first-order valence-corrected chi connectivity index (χ1v) is 6.56. The molecule has 22 heavy (non-hydrogen) atoms. The van der Waals surface area contributed by atoms with Crippen LogP contribution in [0.1, 0.15) is 5.56 Å². The molecule has 0 unspecified atom stereocenters. The first kappa shape index (κ1) is 15.4. The zero-order chi connectivity index (χ0) is 15.8. The van der Waals surface area contributed by atoms with Crippen molar-refractivity contribution in [3.05, 3.63) is 60.2 Å². The molecule has 0 atom stereocenters. The van der Waals surface area contributed by atoms with Crippen LogP contribution in [0.3, 0.4) is 0 Å². The van der Waals surface area contributed by atoms with Crippen LogP contribution >= 0.6 is 0 Å². The van der Waals surface area contributed by atoms with Crippen LogP contribution in [0.5, 0.6) is 5.75 Å². The second kappa shape index (κ2) is 7.68. The monoisotopic (exact) mass is 301 g/mol. The van der Waals surface area contributed by atoms with E-state index in [-0.39, 0.29) is 6.61 Å². The number of amides is 1. The molecule has 2 N–H and O–H groups in total. The van der Waals surface area contributed by atoms with Crippen LogP contribution in [0.15, 0.2) is 54.6 Å². The molecule has 2 rings (SSSR count). The van der Waals surface area contributed by atoms with Gasteiger partial charge in [0.2, 0.25) is 0 Å². The summed E-state index contributed by atoms with van der Waals surface area (Å²) in [4.78, 5) is 22.0. The normalized spacial score (nSPS) is 9.82. The molecule has 6 nitrogen and oxygen atoms in total. The van der Waals surface area contributed by atoms with Crippen molar-refractivity contribution in [2.45, 2.75) is 6.61 Å². The van der Waals surface area contributed by atoms with Gasteiger partial charge in [-0.15, -0.1) is 0 Å². The lowest BCUT2D eigenvalue weighted by molar-refractivity contribution is -0.139. The maximum Gasteiger partial charge on any atom is 0.411 e. The average Bonchev–Trinajstić information content (AvgIpc) is 2.53. The third kappa shape index (κ3) is 5.16. The minimum absolute atomic E-state index is 0.187. The lowest BCUT2D eigenvalue weighted by atomic mass is 10.2. The molecule has 2 aromatic rings. The standard InChI is InChI=1S/C16H15NO5/c18-15(19)11-21-14-8-6-13(7-9-14)17-16(20)22-10-12-4-2-1-3-5-12/h1-9H,10-11H2,(H,17,20)(H,18,19). The molecule has 0 saturated heterocycles. The summed E-state index contributed by atoms with van der Waals surface area (Å²) >= 11 is 0. The third-order valence-corrected chi connectivity index (χ3v) is 2.68. The van der Waals surface area contributed by atoms with Gasteiger partial charge in [0.05, 0.1) is 0 Å². The average molecular weight is 301 g/mol. The first-order valence-electron chi connectivity index (χ1n) is 6.56. The summed E-state index contributed by atoms with van der Waals surface area (Å²) in [5.74, 6) is -0.641. The van der Waals surface area contributed by atoms with E-state index in [0.29, 0.717) is 11.4 Å². The third-order valence-electron chi connectivity index (χ3n) is 2.68. The lowest BCUT2D eigenvalue weighted by Gasteiger charge is -2.08. The predicted octanol–water partition coefficient (Wildman–Crippen LogP) is 2.90. The second-order valence-corrected chi connectivity index (χ2v) is 4.39. The summed E-state index contributed by atoms with van der Waals surface area (Å²) < 4.78 is 10.1. The molecule has 0 aromatic heterocycles. The van der Waals surface area contributed by atoms with Gasteiger partial charge >= 0.3 is 12.1 Å². The number of rotatable bonds is 6. The Kier molecular flexibility index (Phi) is 5.37. The highest BCUT2D eigenvalue weighted by molar-refractivity contribution is 5.84. The number of carbonyl (C=O) groups excluding carboxylic acids is 1. The maximum absolute atomic E-state index is 11.6. The van der Waals surface area contributed by atoms with Gasteiger partial charge in [-0.3, -0.25) is 5.32 Å². The number of carboxylic acid groups (broad SMARTS) is 1. The van der Waals surface area contributed by atoms with Crippen LogP contribution in [-0.2, 0) is 16.1 Å². The van der Waals surface area contributed by atoms with Crippen molar-refractivity contribution >= 4 is 17.7 Å². The number of ether oxygens (including phenoxy) is 2. The summed E-state index contributed by atoms with van der Waals surface area (Å²) in [6, 6.07) is 15.7. The molecule has 2 aromatic carbocycles. The Morgan fingerprint density at radius 1 is 1.00 bits per heavy atom. The Labute approximate surface area is 127 Å². The Bertz CT molecular complexity index is 625. The second-order valence-electron chi connectivity index (χ2n) is 4.39. The van der Waals surface area contributed by atoms with Crippen molar-refractivity contribution < 1.29 is 24.2 Å². The van der Waals surface area contributed by atoms with Crippen molar-refractivity contribution in [1.29, 1.82) is 0 Å². The highest BCUT2D eigenvalue weighted by Gasteiger charge is 2.04. The van der Waals surface area contributed by atoms with Crippen LogP contribution in [0, 0.1) is 0 Å². The van der Waals surface area contributed by atoms with Crippen LogP contribution in [0.2, 0.25) is 0 Å². The van der Waals surface area contributed by atoms with Gasteiger partial charge in [-0.2, -0.15) is 0 Å². The molecule has 114 valence electrons. The highest BCUT2D eigenvalue weighted by Crippen LogP contribution is 2.16. The number of aliphatic carboxylic acids is 1. The van der Waals surface area contributed by atoms with E-state index in [0.717, 1.165) is 5.56 Å². The van der Waals surface area contributed by atoms with E-state index in [9.17, 15) is 9.59 Å². The summed E-state index contributed by atoms with van der Waals surface area (Å²) in [7, 11) is 0. The van der Waals surface area contributed by atoms with Gasteiger partial charge < -0.3 is 14.6 Å². The number of nitrogens with one attached hydrogen (secondary N) is 1. The molecule has 0 heterocycles. The molecule has 0 radical (unpaired) electrons. The van der Waals surface area contributed by atoms with Crippen molar-refractivity contribution in [3.8, 4) is 5.75 Å². The van der Waals surface area contributed by atoms with Crippen LogP contribution in [0.25, 0.3) is 0 Å². The Morgan fingerprint density at radius 2 is 1.68 bits per heavy atom. The van der Waals surface area contributed by atoms with Gasteiger partial charge in [-0.1, -0.05) is 30.3 Å². The van der Waals surface area contributed by atoms with Crippen molar-refractivity contribution in [2.24, 2.45) is 0 Å². The molecule has 0 bridgehead atoms. The largest absolute Gasteiger partial charge is 0.482 e. The SMILES string of the molecule is O=C(O)COc1ccc(NC(=O)OCc2ccccc2)cc1. The Balaban J connectivity index is 1.80. The molecule has 0 aliphatic carbocycles. The molecule has 0 aliphatic rings. The quantitative estimate of drug-likeness (QED) is 0.857. The molecular weight excluding hydrogens is 286 g/mol. The maximum atomic E-state index is 11.6. The van der Waals surface area contributed by atoms with Crippen molar-refractivity contribution in [3.63, 3.8) is 0 Å². The van der Waals surface area contributed by atoms with Crippen molar-refractivity contribution in [2.75, 3.05) is 11.9 Å². The van der Waals surface area contributed by atoms with Gasteiger partial charge in [-0.05, 0) is 29.8 Å². The van der Waals surface area contributed by atoms with Gasteiger partial charge in [0.15, 0.2) is 6.61 Å². The summed E-state index contributed by atoms with van der Waals surface area (Å²) in [6.07, 6.45) is -0.567. The zero-order valence-electron chi connectivity index (χ0n) is 11.7. The number of anilines is 1. The van der Waals surface area contributed by atoms with E-state index in [1.54, 1.807) is 24.3 Å². The summed E-state index contributed by atoms with van der Waals surface area (Å²) in [5.41, 5.74) is 1.43. The molecule has 0 spiro atoms. The molecule has 0 fully saturated rings. The lowest BCUT2D eigenvalue weighted by Crippen LogP contribution is -2.13. The molecular formula is C16H15NO5. The first-order chi connectivity index (χ1) is 10.6. The van der Waals surface area contributed by atoms with E-state index in [4.69, 9.17) is 14.6 Å². The molecule has 1 amide bonds. The Morgan fingerprint density at radius 3 is 2.32 bits per heavy atom. The molecule has 0 aliphatic heterocycles. The topological polar surface area (TPSA) is 84.9 Å². The highest BCUT2D eigenvalue weighted by atomic mass is 16.5. The molecule has 0 saturated carbocycles. The number of carbonyl (C=O) groups is 2. The summed E-state index contributed by atoms with van der Waals surface area (Å²) in [6.45, 7) is -0.224. The van der Waals surface area contributed by atoms with Gasteiger partial charge in [0.25, 0.3) is 0 Å². The minimum Gasteiger partial charge on any atom is -0.482 e. The van der Waals surface area contributed by atoms with Crippen LogP contribution in [-0.4, -0.2) is 23.8 Å². The molecule has 6 heteroatoms. The summed E-state index contributed by atoms with van der Waals surface area (Å²) in [5, 5.41) is 11.1. The fourth-order valence-electron chi connectivity index (χ4n) is 1.66. The van der Waals surface area contributed by atoms with E-state index in [2.05, 4.69) is 5.32 Å². The van der Waals surface area contributed by atoms with Gasteiger partial charge in [0, 0.05) is 5.69 Å². The predicted molar refractivity (Wildman–Crippen MR) is 79.8 cm³/mol. The number of benzene rings is 2. The number of hydrogen-bond donors (Lipinski definition) is 2. The Hall–Kier alpha value is -3.02. The fraction of sp³-hybridized carbons (Fsp3) is 0.125.